The number of carbonyl (C=O) groups is 3. The Morgan fingerprint density at radius 3 is 2.37 bits per heavy atom. The lowest BCUT2D eigenvalue weighted by molar-refractivity contribution is -0.119. The van der Waals surface area contributed by atoms with E-state index in [1.807, 2.05) is 19.0 Å². The number of para-hydroxylation sites is 1. The smallest absolute Gasteiger partial charge is 0.339 e. The standard InChI is InChI=1S/C29H30ClN5O7S/c1-34(2)16-5-17-42-21-12-14-22(15-13-21)43(39,40)35(20-10-8-19(30)9-11-20)18-25(36)32-33-27-23-6-4-7-24(29(38)41-3)26(23)31-28(27)37/h4,6-15H,5,16-18H2,1-3H3,(H,32,36)(H,31,33,37). The summed E-state index contributed by atoms with van der Waals surface area (Å²) in [5.74, 6) is -1.62. The van der Waals surface area contributed by atoms with E-state index in [0.717, 1.165) is 17.3 Å². The number of benzene rings is 3. The molecule has 1 aliphatic rings. The van der Waals surface area contributed by atoms with Crippen LogP contribution in [0.2, 0.25) is 5.02 Å². The van der Waals surface area contributed by atoms with Crippen LogP contribution in [0.15, 0.2) is 76.7 Å². The summed E-state index contributed by atoms with van der Waals surface area (Å²) in [6.45, 7) is 0.651. The van der Waals surface area contributed by atoms with Crippen molar-refractivity contribution < 1.29 is 32.3 Å². The molecule has 0 aliphatic carbocycles. The van der Waals surface area contributed by atoms with E-state index in [9.17, 15) is 22.8 Å². The van der Waals surface area contributed by atoms with Gasteiger partial charge in [-0.2, -0.15) is 5.10 Å². The molecule has 2 amide bonds. The number of rotatable bonds is 12. The molecule has 0 spiro atoms. The van der Waals surface area contributed by atoms with Crippen molar-refractivity contribution in [2.45, 2.75) is 11.3 Å². The van der Waals surface area contributed by atoms with Crippen LogP contribution in [-0.2, 0) is 24.3 Å². The number of nitrogens with zero attached hydrogens (tertiary/aromatic N) is 3. The van der Waals surface area contributed by atoms with Gasteiger partial charge in [0.1, 0.15) is 12.3 Å². The van der Waals surface area contributed by atoms with Crippen LogP contribution in [0.1, 0.15) is 22.3 Å². The highest BCUT2D eigenvalue weighted by Crippen LogP contribution is 2.29. The first-order valence-electron chi connectivity index (χ1n) is 13.1. The van der Waals surface area contributed by atoms with Gasteiger partial charge in [0.2, 0.25) is 0 Å². The van der Waals surface area contributed by atoms with Crippen molar-refractivity contribution in [3.8, 4) is 5.75 Å². The Kier molecular flexibility index (Phi) is 10.0. The molecule has 0 fully saturated rings. The van der Waals surface area contributed by atoms with Gasteiger partial charge in [0, 0.05) is 17.1 Å². The second-order valence-corrected chi connectivity index (χ2v) is 11.9. The second kappa shape index (κ2) is 13.7. The zero-order valence-electron chi connectivity index (χ0n) is 23.7. The number of anilines is 2. The fourth-order valence-corrected chi connectivity index (χ4v) is 5.73. The molecule has 14 heteroatoms. The molecule has 3 aromatic carbocycles. The van der Waals surface area contributed by atoms with Gasteiger partial charge in [-0.25, -0.2) is 18.6 Å². The predicted molar refractivity (Wildman–Crippen MR) is 162 cm³/mol. The third kappa shape index (κ3) is 7.49. The minimum absolute atomic E-state index is 0.0679. The summed E-state index contributed by atoms with van der Waals surface area (Å²) in [5.41, 5.74) is 2.88. The minimum atomic E-state index is -4.24. The van der Waals surface area contributed by atoms with Crippen LogP contribution in [0.25, 0.3) is 0 Å². The molecular weight excluding hydrogens is 598 g/mol. The topological polar surface area (TPSA) is 147 Å². The maximum absolute atomic E-state index is 13.7. The maximum Gasteiger partial charge on any atom is 0.339 e. The summed E-state index contributed by atoms with van der Waals surface area (Å²) >= 11 is 6.01. The van der Waals surface area contributed by atoms with E-state index in [-0.39, 0.29) is 33.1 Å². The number of esters is 1. The lowest BCUT2D eigenvalue weighted by atomic mass is 10.1. The summed E-state index contributed by atoms with van der Waals surface area (Å²) in [4.78, 5) is 39.7. The molecule has 0 bridgehead atoms. The molecule has 0 saturated heterocycles. The first-order chi connectivity index (χ1) is 20.5. The average Bonchev–Trinajstić information content (AvgIpc) is 3.32. The summed E-state index contributed by atoms with van der Waals surface area (Å²) in [6.07, 6.45) is 0.802. The maximum atomic E-state index is 13.7. The average molecular weight is 628 g/mol. The number of ether oxygens (including phenoxy) is 2. The molecule has 1 aliphatic heterocycles. The molecule has 0 radical (unpaired) electrons. The van der Waals surface area contributed by atoms with Crippen LogP contribution in [0.4, 0.5) is 11.4 Å². The van der Waals surface area contributed by atoms with Gasteiger partial charge < -0.3 is 19.7 Å². The van der Waals surface area contributed by atoms with Gasteiger partial charge in [-0.05, 0) is 75.1 Å². The number of sulfonamides is 1. The number of fused-ring (bicyclic) bond motifs is 1. The van der Waals surface area contributed by atoms with Gasteiger partial charge in [0.15, 0.2) is 5.71 Å². The molecule has 4 rings (SSSR count). The number of carbonyl (C=O) groups excluding carboxylic acids is 3. The number of hydrogen-bond donors (Lipinski definition) is 2. The normalized spacial score (nSPS) is 13.4. The van der Waals surface area contributed by atoms with Gasteiger partial charge in [-0.15, -0.1) is 0 Å². The molecule has 0 saturated carbocycles. The van der Waals surface area contributed by atoms with Gasteiger partial charge >= 0.3 is 5.97 Å². The van der Waals surface area contributed by atoms with Crippen molar-refractivity contribution >= 4 is 56.5 Å². The Balaban J connectivity index is 1.55. The summed E-state index contributed by atoms with van der Waals surface area (Å²) in [7, 11) is 0.899. The van der Waals surface area contributed by atoms with Crippen molar-refractivity contribution in [3.63, 3.8) is 0 Å². The van der Waals surface area contributed by atoms with E-state index >= 15 is 0 Å². The first-order valence-corrected chi connectivity index (χ1v) is 14.9. The van der Waals surface area contributed by atoms with Crippen LogP contribution in [0.5, 0.6) is 5.75 Å². The molecular formula is C29H30ClN5O7S. The van der Waals surface area contributed by atoms with E-state index in [2.05, 4.69) is 15.8 Å². The Labute approximate surface area is 254 Å². The monoisotopic (exact) mass is 627 g/mol. The Morgan fingerprint density at radius 2 is 1.72 bits per heavy atom. The summed E-state index contributed by atoms with van der Waals surface area (Å²) < 4.78 is 38.8. The predicted octanol–water partition coefficient (Wildman–Crippen LogP) is 3.13. The van der Waals surface area contributed by atoms with Crippen LogP contribution < -0.4 is 19.8 Å². The highest BCUT2D eigenvalue weighted by molar-refractivity contribution is 7.92. The van der Waals surface area contributed by atoms with Crippen LogP contribution in [-0.4, -0.2) is 77.7 Å². The van der Waals surface area contributed by atoms with Gasteiger partial charge in [0.25, 0.3) is 21.8 Å². The molecule has 2 N–H and O–H groups in total. The molecule has 226 valence electrons. The lowest BCUT2D eigenvalue weighted by Gasteiger charge is -2.24. The second-order valence-electron chi connectivity index (χ2n) is 9.63. The van der Waals surface area contributed by atoms with E-state index in [1.165, 1.54) is 55.6 Å². The number of halogens is 1. The number of methoxy groups -OCH3 is 1. The molecule has 3 aromatic rings. The van der Waals surface area contributed by atoms with E-state index in [1.54, 1.807) is 18.2 Å². The minimum Gasteiger partial charge on any atom is -0.494 e. The molecule has 43 heavy (non-hydrogen) atoms. The zero-order chi connectivity index (χ0) is 31.1. The number of hydrazone groups is 1. The van der Waals surface area contributed by atoms with E-state index in [0.29, 0.717) is 17.4 Å². The number of nitrogens with one attached hydrogen (secondary N) is 2. The SMILES string of the molecule is COC(=O)c1cccc2c1NC(=O)/C2=N\NC(=O)CN(c1ccc(Cl)cc1)S(=O)(=O)c1ccc(OCCCN(C)C)cc1. The third-order valence-electron chi connectivity index (χ3n) is 6.30. The highest BCUT2D eigenvalue weighted by atomic mass is 35.5. The Morgan fingerprint density at radius 1 is 1.02 bits per heavy atom. The summed E-state index contributed by atoms with van der Waals surface area (Å²) in [5, 5.41) is 6.86. The summed E-state index contributed by atoms with van der Waals surface area (Å²) in [6, 6.07) is 16.4. The molecule has 0 aromatic heterocycles. The highest BCUT2D eigenvalue weighted by Gasteiger charge is 2.31. The van der Waals surface area contributed by atoms with Crippen molar-refractivity contribution in [3.05, 3.63) is 82.9 Å². The molecule has 12 nitrogen and oxygen atoms in total. The fourth-order valence-electron chi connectivity index (χ4n) is 4.18. The van der Waals surface area contributed by atoms with Gasteiger partial charge in [-0.1, -0.05) is 23.7 Å². The zero-order valence-corrected chi connectivity index (χ0v) is 25.2. The molecule has 0 atom stereocenters. The Hall–Kier alpha value is -4.46. The van der Waals surface area contributed by atoms with Crippen molar-refractivity contribution in [2.75, 3.05) is 50.5 Å². The van der Waals surface area contributed by atoms with Crippen molar-refractivity contribution in [1.82, 2.24) is 10.3 Å². The van der Waals surface area contributed by atoms with E-state index < -0.39 is 34.4 Å². The quantitative estimate of drug-likeness (QED) is 0.177. The van der Waals surface area contributed by atoms with Crippen molar-refractivity contribution in [1.29, 1.82) is 0 Å². The van der Waals surface area contributed by atoms with Gasteiger partial charge in [-0.3, -0.25) is 13.9 Å². The van der Waals surface area contributed by atoms with Crippen LogP contribution in [0.3, 0.4) is 0 Å². The van der Waals surface area contributed by atoms with Crippen LogP contribution >= 0.6 is 11.6 Å². The number of amides is 2. The van der Waals surface area contributed by atoms with E-state index in [4.69, 9.17) is 21.1 Å². The van der Waals surface area contributed by atoms with Crippen LogP contribution in [0, 0.1) is 0 Å². The first kappa shape index (κ1) is 31.5. The molecule has 1 heterocycles. The third-order valence-corrected chi connectivity index (χ3v) is 8.34. The largest absolute Gasteiger partial charge is 0.494 e. The van der Waals surface area contributed by atoms with Gasteiger partial charge in [0.05, 0.1) is 35.6 Å². The van der Waals surface area contributed by atoms with Crippen molar-refractivity contribution in [2.24, 2.45) is 5.10 Å². The number of hydrogen-bond acceptors (Lipinski definition) is 9. The Bertz CT molecular complexity index is 1640. The fraction of sp³-hybridized carbons (Fsp3) is 0.241. The lowest BCUT2D eigenvalue weighted by Crippen LogP contribution is -2.40. The molecule has 0 unspecified atom stereocenters.